The van der Waals surface area contributed by atoms with Crippen molar-refractivity contribution in [2.24, 2.45) is 0 Å². The van der Waals surface area contributed by atoms with Gasteiger partial charge in [-0.05, 0) is 43.2 Å². The largest absolute Gasteiger partial charge is 0.507 e. The molecule has 0 radical (unpaired) electrons. The van der Waals surface area contributed by atoms with Crippen LogP contribution in [0.15, 0.2) is 82.2 Å². The second-order valence-electron chi connectivity index (χ2n) is 6.58. The van der Waals surface area contributed by atoms with Gasteiger partial charge in [0.1, 0.15) is 22.9 Å². The molecule has 140 valence electrons. The summed E-state index contributed by atoms with van der Waals surface area (Å²) >= 11 is 0. The number of phenols is 1. The summed E-state index contributed by atoms with van der Waals surface area (Å²) in [7, 11) is 0. The molecule has 0 aliphatic rings. The maximum Gasteiger partial charge on any atom is 0.265 e. The number of nitrogens with zero attached hydrogens (tertiary/aromatic N) is 2. The monoisotopic (exact) mass is 372 g/mol. The van der Waals surface area contributed by atoms with Crippen molar-refractivity contribution in [2.45, 2.75) is 19.9 Å². The van der Waals surface area contributed by atoms with E-state index in [-0.39, 0.29) is 11.3 Å². The summed E-state index contributed by atoms with van der Waals surface area (Å²) in [6, 6.07) is 20.4. The van der Waals surface area contributed by atoms with Crippen LogP contribution in [0.5, 0.6) is 5.75 Å². The van der Waals surface area contributed by atoms with Crippen molar-refractivity contribution in [1.82, 2.24) is 9.55 Å². The van der Waals surface area contributed by atoms with Crippen LogP contribution in [-0.2, 0) is 13.0 Å². The van der Waals surface area contributed by atoms with Gasteiger partial charge < -0.3 is 9.52 Å². The Morgan fingerprint density at radius 1 is 1.00 bits per heavy atom. The lowest BCUT2D eigenvalue weighted by atomic mass is 10.1. The average Bonchev–Trinajstić information content (AvgIpc) is 3.22. The third kappa shape index (κ3) is 3.34. The zero-order valence-corrected chi connectivity index (χ0v) is 15.5. The highest BCUT2D eigenvalue weighted by Gasteiger charge is 2.20. The fourth-order valence-electron chi connectivity index (χ4n) is 3.33. The van der Waals surface area contributed by atoms with Crippen molar-refractivity contribution >= 4 is 0 Å². The molecule has 0 bridgehead atoms. The molecule has 4 rings (SSSR count). The number of furan rings is 1. The van der Waals surface area contributed by atoms with E-state index in [1.54, 1.807) is 48.1 Å². The summed E-state index contributed by atoms with van der Waals surface area (Å²) in [4.78, 5) is 18.1. The Morgan fingerprint density at radius 3 is 2.46 bits per heavy atom. The van der Waals surface area contributed by atoms with Crippen molar-refractivity contribution in [1.29, 1.82) is 0 Å². The number of para-hydroxylation sites is 1. The molecule has 4 aromatic rings. The fraction of sp³-hybridized carbons (Fsp3) is 0.130. The third-order valence-corrected chi connectivity index (χ3v) is 4.73. The predicted octanol–water partition coefficient (Wildman–Crippen LogP) is 4.43. The third-order valence-electron chi connectivity index (χ3n) is 4.73. The maximum absolute atomic E-state index is 13.4. The van der Waals surface area contributed by atoms with Gasteiger partial charge in [-0.25, -0.2) is 4.98 Å². The van der Waals surface area contributed by atoms with Crippen LogP contribution in [0.3, 0.4) is 0 Å². The second kappa shape index (κ2) is 7.56. The van der Waals surface area contributed by atoms with E-state index in [2.05, 4.69) is 4.98 Å². The van der Waals surface area contributed by atoms with Crippen LogP contribution in [-0.4, -0.2) is 14.7 Å². The molecule has 2 aromatic carbocycles. The van der Waals surface area contributed by atoms with Crippen LogP contribution in [0.4, 0.5) is 0 Å². The first-order valence-electron chi connectivity index (χ1n) is 9.13. The fourth-order valence-corrected chi connectivity index (χ4v) is 3.33. The Balaban J connectivity index is 1.88. The SMILES string of the molecule is Cc1nc(-c2ccccc2O)n(CCc2ccccc2)c(=O)c1-c1ccco1. The van der Waals surface area contributed by atoms with Crippen molar-refractivity contribution in [2.75, 3.05) is 0 Å². The second-order valence-corrected chi connectivity index (χ2v) is 6.58. The molecule has 0 unspecified atom stereocenters. The minimum Gasteiger partial charge on any atom is -0.507 e. The molecular weight excluding hydrogens is 352 g/mol. The number of phenolic OH excluding ortho intramolecular Hbond substituents is 1. The molecule has 0 amide bonds. The number of aryl methyl sites for hydroxylation is 2. The zero-order chi connectivity index (χ0) is 19.5. The molecule has 0 saturated heterocycles. The molecule has 0 saturated carbocycles. The smallest absolute Gasteiger partial charge is 0.265 e. The number of hydrogen-bond donors (Lipinski definition) is 1. The van der Waals surface area contributed by atoms with E-state index in [1.807, 2.05) is 36.4 Å². The van der Waals surface area contributed by atoms with Gasteiger partial charge in [0.25, 0.3) is 5.56 Å². The minimum atomic E-state index is -0.184. The number of hydrogen-bond acceptors (Lipinski definition) is 4. The summed E-state index contributed by atoms with van der Waals surface area (Å²) in [5.74, 6) is 1.03. The van der Waals surface area contributed by atoms with Crippen molar-refractivity contribution < 1.29 is 9.52 Å². The normalized spacial score (nSPS) is 10.9. The number of aromatic hydroxyl groups is 1. The first kappa shape index (κ1) is 17.8. The number of aromatic nitrogens is 2. The van der Waals surface area contributed by atoms with Crippen LogP contribution < -0.4 is 5.56 Å². The van der Waals surface area contributed by atoms with Crippen LogP contribution in [0.25, 0.3) is 22.7 Å². The molecule has 0 aliphatic heterocycles. The first-order chi connectivity index (χ1) is 13.6. The lowest BCUT2D eigenvalue weighted by Crippen LogP contribution is -2.27. The van der Waals surface area contributed by atoms with Gasteiger partial charge >= 0.3 is 0 Å². The van der Waals surface area contributed by atoms with Crippen molar-refractivity contribution in [3.63, 3.8) is 0 Å². The van der Waals surface area contributed by atoms with Gasteiger partial charge in [0.15, 0.2) is 0 Å². The van der Waals surface area contributed by atoms with E-state index in [1.165, 1.54) is 0 Å². The Hall–Kier alpha value is -3.60. The standard InChI is InChI=1S/C23H20N2O3/c1-16-21(20-12-7-15-28-20)23(27)25(14-13-17-8-3-2-4-9-17)22(24-16)18-10-5-6-11-19(18)26/h2-12,15,26H,13-14H2,1H3. The highest BCUT2D eigenvalue weighted by molar-refractivity contribution is 5.67. The Morgan fingerprint density at radius 2 is 1.75 bits per heavy atom. The van der Waals surface area contributed by atoms with E-state index in [0.717, 1.165) is 5.56 Å². The topological polar surface area (TPSA) is 68.3 Å². The van der Waals surface area contributed by atoms with E-state index in [9.17, 15) is 9.90 Å². The van der Waals surface area contributed by atoms with Gasteiger partial charge in [0.05, 0.1) is 17.5 Å². The molecule has 5 nitrogen and oxygen atoms in total. The summed E-state index contributed by atoms with van der Waals surface area (Å²) in [5.41, 5.74) is 2.47. The summed E-state index contributed by atoms with van der Waals surface area (Å²) in [6.07, 6.45) is 2.21. The lowest BCUT2D eigenvalue weighted by Gasteiger charge is -2.16. The number of benzene rings is 2. The van der Waals surface area contributed by atoms with Crippen LogP contribution >= 0.6 is 0 Å². The van der Waals surface area contributed by atoms with E-state index >= 15 is 0 Å². The minimum absolute atomic E-state index is 0.0907. The molecule has 2 aromatic heterocycles. The molecule has 0 spiro atoms. The van der Waals surface area contributed by atoms with Gasteiger partial charge in [0.2, 0.25) is 0 Å². The van der Waals surface area contributed by atoms with Crippen molar-refractivity contribution in [3.8, 4) is 28.5 Å². The summed E-state index contributed by atoms with van der Waals surface area (Å²) in [5, 5.41) is 10.3. The molecule has 1 N–H and O–H groups in total. The Bertz CT molecular complexity index is 1150. The summed E-state index contributed by atoms with van der Waals surface area (Å²) in [6.45, 7) is 2.22. The van der Waals surface area contributed by atoms with Crippen LogP contribution in [0.2, 0.25) is 0 Å². The predicted molar refractivity (Wildman–Crippen MR) is 108 cm³/mol. The molecule has 5 heteroatoms. The molecule has 0 aliphatic carbocycles. The first-order valence-corrected chi connectivity index (χ1v) is 9.13. The van der Waals surface area contributed by atoms with Crippen molar-refractivity contribution in [3.05, 3.63) is 94.6 Å². The molecule has 0 fully saturated rings. The molecule has 28 heavy (non-hydrogen) atoms. The highest BCUT2D eigenvalue weighted by Crippen LogP contribution is 2.29. The summed E-state index contributed by atoms with van der Waals surface area (Å²) < 4.78 is 7.08. The lowest BCUT2D eigenvalue weighted by molar-refractivity contribution is 0.476. The number of rotatable bonds is 5. The van der Waals surface area contributed by atoms with E-state index < -0.39 is 0 Å². The van der Waals surface area contributed by atoms with Gasteiger partial charge in [-0.1, -0.05) is 42.5 Å². The molecule has 0 atom stereocenters. The maximum atomic E-state index is 13.4. The zero-order valence-electron chi connectivity index (χ0n) is 15.5. The van der Waals surface area contributed by atoms with Gasteiger partial charge in [0, 0.05) is 6.54 Å². The molecular formula is C23H20N2O3. The van der Waals surface area contributed by atoms with Gasteiger partial charge in [-0.2, -0.15) is 0 Å². The average molecular weight is 372 g/mol. The van der Waals surface area contributed by atoms with Gasteiger partial charge in [-0.3, -0.25) is 9.36 Å². The van der Waals surface area contributed by atoms with Crippen LogP contribution in [0.1, 0.15) is 11.3 Å². The Labute approximate surface area is 162 Å². The quantitative estimate of drug-likeness (QED) is 0.563. The van der Waals surface area contributed by atoms with Crippen LogP contribution in [0, 0.1) is 6.92 Å². The highest BCUT2D eigenvalue weighted by atomic mass is 16.3. The van der Waals surface area contributed by atoms with Gasteiger partial charge in [-0.15, -0.1) is 0 Å². The Kier molecular flexibility index (Phi) is 4.81. The molecule has 2 heterocycles. The van der Waals surface area contributed by atoms with E-state index in [4.69, 9.17) is 4.42 Å². The van der Waals surface area contributed by atoms with E-state index in [0.29, 0.717) is 41.4 Å².